The molecule has 0 bridgehead atoms. The highest BCUT2D eigenvalue weighted by Gasteiger charge is 2.30. The van der Waals surface area contributed by atoms with Crippen molar-refractivity contribution in [3.05, 3.63) is 76.9 Å². The Morgan fingerprint density at radius 1 is 0.800 bits per heavy atom. The lowest BCUT2D eigenvalue weighted by Crippen LogP contribution is -2.24. The number of aryl methyl sites for hydroxylation is 1. The minimum Gasteiger partial charge on any atom is -0.425 e. The molecule has 0 fully saturated rings. The van der Waals surface area contributed by atoms with Crippen LogP contribution in [0.2, 0.25) is 0 Å². The molecule has 0 aromatic heterocycles. The van der Waals surface area contributed by atoms with Gasteiger partial charge in [0.05, 0.1) is 5.92 Å². The Morgan fingerprint density at radius 2 is 1.33 bits per heavy atom. The minimum atomic E-state index is -0.350. The van der Waals surface area contributed by atoms with E-state index in [2.05, 4.69) is 84.9 Å². The average molecular weight is 403 g/mol. The highest BCUT2D eigenvalue weighted by molar-refractivity contribution is 5.86. The molecule has 0 aliphatic carbocycles. The molecule has 0 radical (unpaired) electrons. The van der Waals surface area contributed by atoms with E-state index < -0.39 is 0 Å². The lowest BCUT2D eigenvalue weighted by molar-refractivity contribution is -0.135. The first-order valence-corrected chi connectivity index (χ1v) is 10.7. The van der Waals surface area contributed by atoms with Gasteiger partial charge in [0.15, 0.2) is 0 Å². The fraction of sp³-hybridized carbons (Fsp3) is 0.393. The van der Waals surface area contributed by atoms with Crippen LogP contribution in [0.25, 0.3) is 10.8 Å². The number of hydrogen-bond acceptors (Lipinski definition) is 2. The van der Waals surface area contributed by atoms with Gasteiger partial charge in [-0.1, -0.05) is 102 Å². The normalized spacial score (nSPS) is 13.3. The van der Waals surface area contributed by atoms with Crippen molar-refractivity contribution in [2.75, 3.05) is 0 Å². The third-order valence-electron chi connectivity index (χ3n) is 5.68. The summed E-state index contributed by atoms with van der Waals surface area (Å²) >= 11 is 0. The summed E-state index contributed by atoms with van der Waals surface area (Å²) < 4.78 is 6.17. The Hall–Kier alpha value is -2.61. The molecule has 158 valence electrons. The topological polar surface area (TPSA) is 26.3 Å². The zero-order valence-corrected chi connectivity index (χ0v) is 19.6. The fourth-order valence-electron chi connectivity index (χ4n) is 3.80. The van der Waals surface area contributed by atoms with E-state index in [-0.39, 0.29) is 22.7 Å². The van der Waals surface area contributed by atoms with Gasteiger partial charge in [-0.05, 0) is 41.0 Å². The smallest absolute Gasteiger partial charge is 0.318 e. The maximum Gasteiger partial charge on any atom is 0.318 e. The number of benzene rings is 3. The van der Waals surface area contributed by atoms with Crippen LogP contribution in [-0.2, 0) is 15.6 Å². The van der Waals surface area contributed by atoms with Gasteiger partial charge in [0.2, 0.25) is 0 Å². The number of fused-ring (bicyclic) bond motifs is 1. The van der Waals surface area contributed by atoms with E-state index in [1.807, 2.05) is 25.1 Å². The van der Waals surface area contributed by atoms with Crippen molar-refractivity contribution in [3.63, 3.8) is 0 Å². The van der Waals surface area contributed by atoms with Crippen LogP contribution in [0, 0.1) is 6.92 Å². The molecule has 0 N–H and O–H groups in total. The molecule has 0 aliphatic rings. The van der Waals surface area contributed by atoms with E-state index in [1.165, 1.54) is 10.9 Å². The van der Waals surface area contributed by atoms with Crippen molar-refractivity contribution in [1.29, 1.82) is 0 Å². The molecule has 0 spiro atoms. The molecule has 0 heterocycles. The summed E-state index contributed by atoms with van der Waals surface area (Å²) in [5.74, 6) is 0.153. The third kappa shape index (κ3) is 4.59. The first kappa shape index (κ1) is 22.1. The van der Waals surface area contributed by atoms with Crippen LogP contribution in [0.1, 0.15) is 76.6 Å². The Labute approximate surface area is 181 Å². The number of ether oxygens (including phenoxy) is 1. The monoisotopic (exact) mass is 402 g/mol. The molecule has 1 unspecified atom stereocenters. The zero-order chi connectivity index (χ0) is 22.3. The van der Waals surface area contributed by atoms with Crippen molar-refractivity contribution in [3.8, 4) is 5.75 Å². The molecule has 3 rings (SSSR count). The number of rotatable bonds is 3. The Bertz CT molecular complexity index is 1040. The number of esters is 1. The van der Waals surface area contributed by atoms with E-state index in [0.29, 0.717) is 0 Å². The van der Waals surface area contributed by atoms with Crippen LogP contribution in [-0.4, -0.2) is 5.97 Å². The van der Waals surface area contributed by atoms with Crippen LogP contribution >= 0.6 is 0 Å². The van der Waals surface area contributed by atoms with Crippen molar-refractivity contribution in [2.24, 2.45) is 0 Å². The summed E-state index contributed by atoms with van der Waals surface area (Å²) in [5, 5.41) is 2.31. The predicted octanol–water partition coefficient (Wildman–Crippen LogP) is 7.45. The van der Waals surface area contributed by atoms with Crippen molar-refractivity contribution >= 4 is 16.7 Å². The van der Waals surface area contributed by atoms with Crippen molar-refractivity contribution in [2.45, 2.75) is 72.1 Å². The van der Waals surface area contributed by atoms with Crippen LogP contribution in [0.15, 0.2) is 54.6 Å². The summed E-state index contributed by atoms with van der Waals surface area (Å²) in [5.41, 5.74) is 4.05. The van der Waals surface area contributed by atoms with Crippen LogP contribution < -0.4 is 4.74 Å². The number of carbonyl (C=O) groups excluding carboxylic acids is 1. The van der Waals surface area contributed by atoms with Crippen LogP contribution in [0.3, 0.4) is 0 Å². The first-order chi connectivity index (χ1) is 13.9. The van der Waals surface area contributed by atoms with E-state index in [0.717, 1.165) is 27.8 Å². The lowest BCUT2D eigenvalue weighted by atomic mass is 9.78. The van der Waals surface area contributed by atoms with Crippen LogP contribution in [0.5, 0.6) is 5.75 Å². The summed E-state index contributed by atoms with van der Waals surface area (Å²) in [6, 6.07) is 18.7. The van der Waals surface area contributed by atoms with Gasteiger partial charge in [-0.25, -0.2) is 0 Å². The maximum atomic E-state index is 13.3. The van der Waals surface area contributed by atoms with E-state index in [9.17, 15) is 4.79 Å². The molecule has 2 heteroatoms. The summed E-state index contributed by atoms with van der Waals surface area (Å²) in [6.45, 7) is 17.0. The summed E-state index contributed by atoms with van der Waals surface area (Å²) in [6.07, 6.45) is 0. The standard InChI is InChI=1S/C28H34O2/c1-18-15-23(27(3,4)5)25(24(16-18)28(6,7)8)30-26(29)19(2)21-14-13-20-11-9-10-12-22(20)17-21/h9-17,19H,1-8H3. The quantitative estimate of drug-likeness (QED) is 0.336. The predicted molar refractivity (Wildman–Crippen MR) is 127 cm³/mol. The second-order valence-corrected chi connectivity index (χ2v) is 10.4. The highest BCUT2D eigenvalue weighted by atomic mass is 16.5. The van der Waals surface area contributed by atoms with Gasteiger partial charge in [-0.15, -0.1) is 0 Å². The van der Waals surface area contributed by atoms with Crippen molar-refractivity contribution < 1.29 is 9.53 Å². The SMILES string of the molecule is Cc1cc(C(C)(C)C)c(OC(=O)C(C)c2ccc3ccccc3c2)c(C(C)(C)C)c1. The Morgan fingerprint density at radius 3 is 1.87 bits per heavy atom. The molecule has 3 aromatic carbocycles. The lowest BCUT2D eigenvalue weighted by Gasteiger charge is -2.30. The van der Waals surface area contributed by atoms with Gasteiger partial charge in [-0.2, -0.15) is 0 Å². The zero-order valence-electron chi connectivity index (χ0n) is 19.6. The van der Waals surface area contributed by atoms with Gasteiger partial charge in [0.1, 0.15) is 5.75 Å². The highest BCUT2D eigenvalue weighted by Crippen LogP contribution is 2.41. The summed E-state index contributed by atoms with van der Waals surface area (Å²) in [4.78, 5) is 13.3. The maximum absolute atomic E-state index is 13.3. The van der Waals surface area contributed by atoms with Gasteiger partial charge in [-0.3, -0.25) is 4.79 Å². The largest absolute Gasteiger partial charge is 0.425 e. The third-order valence-corrected chi connectivity index (χ3v) is 5.68. The second kappa shape index (κ2) is 7.91. The molecule has 0 amide bonds. The van der Waals surface area contributed by atoms with E-state index in [4.69, 9.17) is 4.74 Å². The fourth-order valence-corrected chi connectivity index (χ4v) is 3.80. The average Bonchev–Trinajstić information content (AvgIpc) is 2.66. The molecule has 1 atom stereocenters. The van der Waals surface area contributed by atoms with Gasteiger partial charge >= 0.3 is 5.97 Å². The second-order valence-electron chi connectivity index (χ2n) is 10.4. The molecule has 2 nitrogen and oxygen atoms in total. The van der Waals surface area contributed by atoms with Gasteiger partial charge in [0.25, 0.3) is 0 Å². The molecule has 3 aromatic rings. The molecule has 30 heavy (non-hydrogen) atoms. The molecular formula is C28H34O2. The Kier molecular flexibility index (Phi) is 5.82. The number of hydrogen-bond donors (Lipinski definition) is 0. The van der Waals surface area contributed by atoms with E-state index >= 15 is 0 Å². The van der Waals surface area contributed by atoms with Gasteiger partial charge in [0, 0.05) is 11.1 Å². The summed E-state index contributed by atoms with van der Waals surface area (Å²) in [7, 11) is 0. The molecule has 0 saturated heterocycles. The van der Waals surface area contributed by atoms with E-state index in [1.54, 1.807) is 0 Å². The van der Waals surface area contributed by atoms with Crippen molar-refractivity contribution in [1.82, 2.24) is 0 Å². The minimum absolute atomic E-state index is 0.131. The Balaban J connectivity index is 2.02. The molecular weight excluding hydrogens is 368 g/mol. The first-order valence-electron chi connectivity index (χ1n) is 10.7. The van der Waals surface area contributed by atoms with Crippen LogP contribution in [0.4, 0.5) is 0 Å². The number of carbonyl (C=O) groups is 1. The van der Waals surface area contributed by atoms with Gasteiger partial charge < -0.3 is 4.74 Å². The molecule has 0 saturated carbocycles. The molecule has 0 aliphatic heterocycles.